The lowest BCUT2D eigenvalue weighted by Crippen LogP contribution is -2.02. The molecule has 4 nitrogen and oxygen atoms in total. The molecule has 2 N–H and O–H groups in total. The molecule has 14 heavy (non-hydrogen) atoms. The van der Waals surface area contributed by atoms with Crippen molar-refractivity contribution in [2.45, 2.75) is 6.29 Å². The molecule has 0 bridgehead atoms. The minimum Gasteiger partial charge on any atom is -0.430 e. The first kappa shape index (κ1) is 13.1. The van der Waals surface area contributed by atoms with Crippen LogP contribution in [0.4, 0.5) is 0 Å². The molecule has 0 aliphatic rings. The summed E-state index contributed by atoms with van der Waals surface area (Å²) in [5, 5.41) is 14.2. The van der Waals surface area contributed by atoms with Gasteiger partial charge in [-0.3, -0.25) is 0 Å². The Kier molecular flexibility index (Phi) is 8.17. The number of hydrogen-bond acceptors (Lipinski definition) is 4. The molecule has 0 aromatic heterocycles. The van der Waals surface area contributed by atoms with Crippen LogP contribution in [0.2, 0.25) is 0 Å². The SMILES string of the molecule is COC(OC)c1ccccc1.OBO. The molecule has 78 valence electrons. The van der Waals surface area contributed by atoms with Gasteiger partial charge in [-0.25, -0.2) is 0 Å². The second-order valence-corrected chi connectivity index (χ2v) is 2.36. The summed E-state index contributed by atoms with van der Waals surface area (Å²) >= 11 is 0. The molecule has 0 saturated heterocycles. The van der Waals surface area contributed by atoms with E-state index in [-0.39, 0.29) is 6.29 Å². The summed E-state index contributed by atoms with van der Waals surface area (Å²) in [4.78, 5) is 0. The van der Waals surface area contributed by atoms with Crippen LogP contribution < -0.4 is 0 Å². The van der Waals surface area contributed by atoms with Crippen LogP contribution in [-0.2, 0) is 9.47 Å². The van der Waals surface area contributed by atoms with E-state index in [0.29, 0.717) is 0 Å². The maximum Gasteiger partial charge on any atom is 0.432 e. The van der Waals surface area contributed by atoms with Crippen LogP contribution in [0, 0.1) is 0 Å². The molecule has 0 heterocycles. The quantitative estimate of drug-likeness (QED) is 0.538. The number of ether oxygens (including phenoxy) is 2. The van der Waals surface area contributed by atoms with E-state index < -0.39 is 7.69 Å². The van der Waals surface area contributed by atoms with E-state index in [1.165, 1.54) is 0 Å². The molecule has 5 heteroatoms. The largest absolute Gasteiger partial charge is 0.432 e. The summed E-state index contributed by atoms with van der Waals surface area (Å²) in [5.41, 5.74) is 1.04. The van der Waals surface area contributed by atoms with E-state index in [1.54, 1.807) is 14.2 Å². The van der Waals surface area contributed by atoms with E-state index in [0.717, 1.165) is 5.56 Å². The van der Waals surface area contributed by atoms with Crippen LogP contribution in [0.5, 0.6) is 0 Å². The van der Waals surface area contributed by atoms with Crippen LogP contribution in [0.15, 0.2) is 30.3 Å². The highest BCUT2D eigenvalue weighted by Gasteiger charge is 2.05. The van der Waals surface area contributed by atoms with Crippen LogP contribution in [0.3, 0.4) is 0 Å². The predicted octanol–water partition coefficient (Wildman–Crippen LogP) is 0.215. The average Bonchev–Trinajstić information content (AvgIpc) is 2.22. The molecule has 1 rings (SSSR count). The minimum atomic E-state index is -0.750. The maximum absolute atomic E-state index is 7.12. The Labute approximate surface area is 84.4 Å². The third-order valence-electron chi connectivity index (χ3n) is 1.50. The summed E-state index contributed by atoms with van der Waals surface area (Å²) in [7, 11) is 2.50. The fourth-order valence-corrected chi connectivity index (χ4v) is 0.979. The summed E-state index contributed by atoms with van der Waals surface area (Å²) in [6.07, 6.45) is -0.240. The lowest BCUT2D eigenvalue weighted by molar-refractivity contribution is -0.106. The van der Waals surface area contributed by atoms with Gasteiger partial charge in [-0.15, -0.1) is 0 Å². The van der Waals surface area contributed by atoms with Gasteiger partial charge in [-0.05, 0) is 0 Å². The highest BCUT2D eigenvalue weighted by atomic mass is 16.7. The van der Waals surface area contributed by atoms with Crippen molar-refractivity contribution in [2.24, 2.45) is 0 Å². The van der Waals surface area contributed by atoms with Gasteiger partial charge in [0.05, 0.1) is 0 Å². The van der Waals surface area contributed by atoms with Crippen LogP contribution >= 0.6 is 0 Å². The third kappa shape index (κ3) is 4.99. The van der Waals surface area contributed by atoms with Gasteiger partial charge in [-0.2, -0.15) is 0 Å². The van der Waals surface area contributed by atoms with Gasteiger partial charge in [0.2, 0.25) is 0 Å². The predicted molar refractivity (Wildman–Crippen MR) is 54.8 cm³/mol. The summed E-state index contributed by atoms with van der Waals surface area (Å²) in [6.45, 7) is 0. The van der Waals surface area contributed by atoms with Gasteiger partial charge < -0.3 is 19.5 Å². The molecular formula is C9H15BO4. The molecule has 0 saturated carbocycles. The molecule has 1 aromatic carbocycles. The zero-order valence-corrected chi connectivity index (χ0v) is 8.38. The molecule has 0 radical (unpaired) electrons. The van der Waals surface area contributed by atoms with E-state index in [1.807, 2.05) is 30.3 Å². The second-order valence-electron chi connectivity index (χ2n) is 2.36. The molecular weight excluding hydrogens is 183 g/mol. The third-order valence-corrected chi connectivity index (χ3v) is 1.50. The average molecular weight is 198 g/mol. The van der Waals surface area contributed by atoms with Crippen molar-refractivity contribution in [1.29, 1.82) is 0 Å². The zero-order valence-electron chi connectivity index (χ0n) is 8.38. The lowest BCUT2D eigenvalue weighted by atomic mass is 10.2. The van der Waals surface area contributed by atoms with Crippen molar-refractivity contribution < 1.29 is 19.5 Å². The van der Waals surface area contributed by atoms with Gasteiger partial charge in [0.1, 0.15) is 0 Å². The molecule has 0 spiro atoms. The number of methoxy groups -OCH3 is 2. The maximum atomic E-state index is 7.12. The Morgan fingerprint density at radius 1 is 1.07 bits per heavy atom. The topological polar surface area (TPSA) is 58.9 Å². The Morgan fingerprint density at radius 2 is 1.50 bits per heavy atom. The molecule has 0 unspecified atom stereocenters. The van der Waals surface area contributed by atoms with Crippen LogP contribution in [0.25, 0.3) is 0 Å². The Hall–Kier alpha value is -0.875. The van der Waals surface area contributed by atoms with Crippen LogP contribution in [0.1, 0.15) is 11.9 Å². The van der Waals surface area contributed by atoms with E-state index >= 15 is 0 Å². The highest BCUT2D eigenvalue weighted by Crippen LogP contribution is 2.15. The van der Waals surface area contributed by atoms with E-state index in [9.17, 15) is 0 Å². The smallest absolute Gasteiger partial charge is 0.430 e. The summed E-state index contributed by atoms with van der Waals surface area (Å²) in [5.74, 6) is 0. The molecule has 0 aliphatic heterocycles. The number of hydrogen-bond donors (Lipinski definition) is 2. The van der Waals surface area contributed by atoms with Gasteiger partial charge >= 0.3 is 7.69 Å². The number of rotatable bonds is 3. The summed E-state index contributed by atoms with van der Waals surface area (Å²) < 4.78 is 10.1. The monoisotopic (exact) mass is 198 g/mol. The van der Waals surface area contributed by atoms with Gasteiger partial charge in [0, 0.05) is 19.8 Å². The van der Waals surface area contributed by atoms with Crippen molar-refractivity contribution in [3.8, 4) is 0 Å². The lowest BCUT2D eigenvalue weighted by Gasteiger charge is -2.12. The van der Waals surface area contributed by atoms with E-state index in [4.69, 9.17) is 19.5 Å². The Morgan fingerprint density at radius 3 is 1.86 bits per heavy atom. The van der Waals surface area contributed by atoms with Crippen molar-refractivity contribution in [1.82, 2.24) is 0 Å². The van der Waals surface area contributed by atoms with E-state index in [2.05, 4.69) is 0 Å². The first-order valence-electron chi connectivity index (χ1n) is 4.12. The van der Waals surface area contributed by atoms with Gasteiger partial charge in [-0.1, -0.05) is 30.3 Å². The summed E-state index contributed by atoms with van der Waals surface area (Å²) in [6, 6.07) is 9.82. The Bertz CT molecular complexity index is 213. The normalized spacial score (nSPS) is 9.21. The van der Waals surface area contributed by atoms with Crippen LogP contribution in [-0.4, -0.2) is 32.0 Å². The fraction of sp³-hybridized carbons (Fsp3) is 0.333. The first-order chi connectivity index (χ1) is 6.79. The zero-order chi connectivity index (χ0) is 10.8. The molecule has 0 fully saturated rings. The van der Waals surface area contributed by atoms with Gasteiger partial charge in [0.25, 0.3) is 0 Å². The highest BCUT2D eigenvalue weighted by molar-refractivity contribution is 6.13. The molecule has 0 amide bonds. The standard InChI is InChI=1S/C9H12O2.BH3O2/c1-10-9(11-2)8-6-4-3-5-7-8;2-1-3/h3-7,9H,1-2H3;1-3H. The molecule has 0 aliphatic carbocycles. The van der Waals surface area contributed by atoms with Crippen molar-refractivity contribution >= 4 is 7.69 Å². The number of benzene rings is 1. The van der Waals surface area contributed by atoms with Crippen molar-refractivity contribution in [3.63, 3.8) is 0 Å². The Balaban J connectivity index is 0.000000500. The molecule has 0 atom stereocenters. The first-order valence-corrected chi connectivity index (χ1v) is 4.12. The van der Waals surface area contributed by atoms with Crippen molar-refractivity contribution in [2.75, 3.05) is 14.2 Å². The second kappa shape index (κ2) is 8.71. The van der Waals surface area contributed by atoms with Crippen molar-refractivity contribution in [3.05, 3.63) is 35.9 Å². The van der Waals surface area contributed by atoms with Gasteiger partial charge in [0.15, 0.2) is 6.29 Å². The fourth-order valence-electron chi connectivity index (χ4n) is 0.979. The minimum absolute atomic E-state index is 0.240. The molecule has 1 aromatic rings.